The average Bonchev–Trinajstić information content (AvgIpc) is 3.49. The number of nitrogens with zero attached hydrogens (tertiary/aromatic N) is 6. The Labute approximate surface area is 228 Å². The van der Waals surface area contributed by atoms with E-state index in [0.29, 0.717) is 5.56 Å². The Morgan fingerprint density at radius 1 is 1.12 bits per heavy atom. The van der Waals surface area contributed by atoms with Crippen LogP contribution in [0.25, 0.3) is 17.2 Å². The topological polar surface area (TPSA) is 119 Å². The lowest BCUT2D eigenvalue weighted by Gasteiger charge is -2.23. The number of hydrogen-bond donors (Lipinski definition) is 2. The minimum absolute atomic E-state index is 0.0289. The van der Waals surface area contributed by atoms with Crippen molar-refractivity contribution in [1.29, 1.82) is 0 Å². The Morgan fingerprint density at radius 2 is 1.90 bits per heavy atom. The van der Waals surface area contributed by atoms with Gasteiger partial charge in [0.15, 0.2) is 11.5 Å². The Morgan fingerprint density at radius 3 is 2.59 bits per heavy atom. The van der Waals surface area contributed by atoms with Gasteiger partial charge in [-0.05, 0) is 25.5 Å². The molecule has 1 aliphatic heterocycles. The molecule has 1 unspecified atom stereocenters. The zero-order valence-corrected chi connectivity index (χ0v) is 21.6. The number of alkyl halides is 5. The number of carbonyl (C=O) groups excluding carboxylic acids is 1. The zero-order valence-electron chi connectivity index (χ0n) is 21.6. The van der Waals surface area contributed by atoms with Gasteiger partial charge in [-0.2, -0.15) is 22.0 Å². The molecular weight excluding hydrogens is 558 g/mol. The molecule has 2 N–H and O–H groups in total. The van der Waals surface area contributed by atoms with Crippen LogP contribution in [0.1, 0.15) is 30.3 Å². The lowest BCUT2D eigenvalue weighted by molar-refractivity contribution is -0.284. The van der Waals surface area contributed by atoms with Crippen LogP contribution in [0.15, 0.2) is 36.9 Å². The molecule has 41 heavy (non-hydrogen) atoms. The molecule has 0 saturated heterocycles. The number of rotatable bonds is 9. The van der Waals surface area contributed by atoms with Crippen LogP contribution in [-0.4, -0.2) is 67.6 Å². The van der Waals surface area contributed by atoms with E-state index in [4.69, 9.17) is 4.74 Å². The summed E-state index contributed by atoms with van der Waals surface area (Å²) < 4.78 is 85.8. The molecule has 1 atom stereocenters. The lowest BCUT2D eigenvalue weighted by Crippen LogP contribution is -2.36. The normalized spacial score (nSPS) is 17.1. The number of halogens is 6. The van der Waals surface area contributed by atoms with Gasteiger partial charge in [-0.3, -0.25) is 9.78 Å². The molecule has 16 heteroatoms. The van der Waals surface area contributed by atoms with Crippen LogP contribution in [0, 0.1) is 5.82 Å². The number of aromatic nitrogens is 6. The number of fused-ring (bicyclic) bond motifs is 2. The summed E-state index contributed by atoms with van der Waals surface area (Å²) in [5.74, 6) is -5.82. The number of methoxy groups -OCH3 is 1. The quantitative estimate of drug-likeness (QED) is 0.224. The largest absolute Gasteiger partial charge is 0.453 e. The standard InChI is InChI=1S/C25H22F6N8O2/c1-23(16-4-3-13(26)11-34-16)17-19(32-8-10-41-2)36-18(37-20(17)38-22(23)40)15-12-39-9-7-33-21(39)14(35-15)5-6-24(27,28)25(29,30)31/h3-4,7,9,11-12H,5-6,8,10H2,1-2H3,(H2,32,36,37,38,40). The van der Waals surface area contributed by atoms with Crippen molar-refractivity contribution in [3.05, 3.63) is 59.7 Å². The molecule has 216 valence electrons. The van der Waals surface area contributed by atoms with Crippen molar-refractivity contribution >= 4 is 23.2 Å². The number of carbonyl (C=O) groups is 1. The SMILES string of the molecule is COCCNc1nc(-c2cn3ccnc3c(CCC(F)(F)C(F)(F)F)n2)nc2c1C(C)(c1ccc(F)cn1)C(=O)N2. The number of nitrogens with one attached hydrogen (secondary N) is 2. The monoisotopic (exact) mass is 580 g/mol. The molecule has 0 bridgehead atoms. The van der Waals surface area contributed by atoms with E-state index in [0.717, 1.165) is 6.20 Å². The smallest absolute Gasteiger partial charge is 0.383 e. The van der Waals surface area contributed by atoms with Gasteiger partial charge in [0.2, 0.25) is 5.91 Å². The number of ether oxygens (including phenoxy) is 1. The van der Waals surface area contributed by atoms with Crippen molar-refractivity contribution in [2.45, 2.75) is 37.3 Å². The van der Waals surface area contributed by atoms with E-state index in [1.807, 2.05) is 0 Å². The highest BCUT2D eigenvalue weighted by atomic mass is 19.4. The summed E-state index contributed by atoms with van der Waals surface area (Å²) in [6, 6.07) is 2.54. The molecule has 0 saturated carbocycles. The third-order valence-corrected chi connectivity index (χ3v) is 6.70. The van der Waals surface area contributed by atoms with Crippen LogP contribution in [-0.2, 0) is 21.4 Å². The fraction of sp³-hybridized carbons (Fsp3) is 0.360. The van der Waals surface area contributed by atoms with Crippen LogP contribution in [0.4, 0.5) is 38.0 Å². The van der Waals surface area contributed by atoms with E-state index in [-0.39, 0.29) is 53.3 Å². The fourth-order valence-corrected chi connectivity index (χ4v) is 4.49. The van der Waals surface area contributed by atoms with Gasteiger partial charge < -0.3 is 19.8 Å². The highest BCUT2D eigenvalue weighted by molar-refractivity contribution is 6.09. The van der Waals surface area contributed by atoms with E-state index >= 15 is 0 Å². The molecule has 5 rings (SSSR count). The molecule has 0 aliphatic carbocycles. The van der Waals surface area contributed by atoms with E-state index < -0.39 is 42.1 Å². The summed E-state index contributed by atoms with van der Waals surface area (Å²) >= 11 is 0. The zero-order chi connectivity index (χ0) is 29.6. The number of aryl methyl sites for hydroxylation is 1. The van der Waals surface area contributed by atoms with Gasteiger partial charge >= 0.3 is 12.1 Å². The Hall–Kier alpha value is -4.34. The predicted octanol–water partition coefficient (Wildman–Crippen LogP) is 4.17. The summed E-state index contributed by atoms with van der Waals surface area (Å²) in [6.45, 7) is 2.09. The summed E-state index contributed by atoms with van der Waals surface area (Å²) in [6.07, 6.45) is -2.77. The molecule has 0 spiro atoms. The van der Waals surface area contributed by atoms with Crippen molar-refractivity contribution in [3.8, 4) is 11.5 Å². The third kappa shape index (κ3) is 5.03. The van der Waals surface area contributed by atoms with Crippen LogP contribution in [0.2, 0.25) is 0 Å². The molecule has 10 nitrogen and oxygen atoms in total. The maximum absolute atomic E-state index is 13.7. The summed E-state index contributed by atoms with van der Waals surface area (Å²) in [5.41, 5.74) is -0.885. The van der Waals surface area contributed by atoms with Gasteiger partial charge in [-0.1, -0.05) is 0 Å². The second kappa shape index (κ2) is 10.2. The first-order valence-corrected chi connectivity index (χ1v) is 12.2. The van der Waals surface area contributed by atoms with Crippen molar-refractivity contribution < 1.29 is 35.9 Å². The number of amides is 1. The fourth-order valence-electron chi connectivity index (χ4n) is 4.49. The van der Waals surface area contributed by atoms with Gasteiger partial charge in [0, 0.05) is 38.7 Å². The maximum Gasteiger partial charge on any atom is 0.453 e. The maximum atomic E-state index is 13.7. The molecule has 1 aliphatic rings. The first kappa shape index (κ1) is 28.2. The molecule has 0 aromatic carbocycles. The predicted molar refractivity (Wildman–Crippen MR) is 133 cm³/mol. The number of hydrogen-bond acceptors (Lipinski definition) is 8. The number of imidazole rings is 1. The summed E-state index contributed by atoms with van der Waals surface area (Å²) in [4.78, 5) is 34.7. The van der Waals surface area contributed by atoms with Crippen molar-refractivity contribution in [1.82, 2.24) is 29.3 Å². The lowest BCUT2D eigenvalue weighted by atomic mass is 9.80. The summed E-state index contributed by atoms with van der Waals surface area (Å²) in [5, 5.41) is 5.76. The number of anilines is 2. The van der Waals surface area contributed by atoms with Crippen LogP contribution >= 0.6 is 0 Å². The molecule has 4 aromatic rings. The first-order valence-electron chi connectivity index (χ1n) is 12.2. The molecule has 1 amide bonds. The molecular formula is C25H22F6N8O2. The summed E-state index contributed by atoms with van der Waals surface area (Å²) in [7, 11) is 1.49. The van der Waals surface area contributed by atoms with E-state index in [2.05, 4.69) is 35.6 Å². The Bertz CT molecular complexity index is 1610. The molecule has 0 fully saturated rings. The first-order chi connectivity index (χ1) is 19.3. The average molecular weight is 580 g/mol. The molecule has 5 heterocycles. The third-order valence-electron chi connectivity index (χ3n) is 6.70. The van der Waals surface area contributed by atoms with Crippen LogP contribution in [0.3, 0.4) is 0 Å². The van der Waals surface area contributed by atoms with Gasteiger partial charge in [0.25, 0.3) is 0 Å². The van der Waals surface area contributed by atoms with Crippen molar-refractivity contribution in [2.24, 2.45) is 0 Å². The van der Waals surface area contributed by atoms with E-state index in [9.17, 15) is 31.1 Å². The molecule has 4 aromatic heterocycles. The van der Waals surface area contributed by atoms with Gasteiger partial charge in [0.05, 0.1) is 29.8 Å². The van der Waals surface area contributed by atoms with Gasteiger partial charge in [0.1, 0.15) is 28.6 Å². The minimum atomic E-state index is -5.72. The highest BCUT2D eigenvalue weighted by Gasteiger charge is 2.56. The van der Waals surface area contributed by atoms with Crippen LogP contribution in [0.5, 0.6) is 0 Å². The number of pyridine rings is 1. The minimum Gasteiger partial charge on any atom is -0.383 e. The van der Waals surface area contributed by atoms with Gasteiger partial charge in [-0.25, -0.2) is 24.3 Å². The second-order valence-corrected chi connectivity index (χ2v) is 9.41. The molecule has 0 radical (unpaired) electrons. The van der Waals surface area contributed by atoms with Crippen molar-refractivity contribution in [3.63, 3.8) is 0 Å². The van der Waals surface area contributed by atoms with Gasteiger partial charge in [-0.15, -0.1) is 0 Å². The van der Waals surface area contributed by atoms with E-state index in [1.165, 1.54) is 42.2 Å². The Kier molecular flexibility index (Phi) is 7.05. The van der Waals surface area contributed by atoms with Crippen molar-refractivity contribution in [2.75, 3.05) is 30.9 Å². The van der Waals surface area contributed by atoms with E-state index in [1.54, 1.807) is 6.92 Å². The Balaban J connectivity index is 1.61. The highest BCUT2D eigenvalue weighted by Crippen LogP contribution is 2.45. The van der Waals surface area contributed by atoms with Crippen LogP contribution < -0.4 is 10.6 Å². The second-order valence-electron chi connectivity index (χ2n) is 9.41.